The lowest BCUT2D eigenvalue weighted by Gasteiger charge is -2.35. The molecule has 1 aliphatic heterocycles. The second kappa shape index (κ2) is 9.18. The first-order valence-electron chi connectivity index (χ1n) is 6.75. The van der Waals surface area contributed by atoms with E-state index >= 15 is 0 Å². The average Bonchev–Trinajstić information content (AvgIpc) is 2.41. The van der Waals surface area contributed by atoms with Gasteiger partial charge in [-0.1, -0.05) is 24.6 Å². The van der Waals surface area contributed by atoms with Gasteiger partial charge in [0, 0.05) is 32.2 Å². The number of nitrogens with one attached hydrogen (secondary N) is 1. The SMILES string of the molecule is CC[C@H](c1ccc(Cl)c(C(F)(F)F)c1)N1CCNCC1.Cl.Cl. The van der Waals surface area contributed by atoms with Gasteiger partial charge in [-0.2, -0.15) is 13.2 Å². The molecule has 1 aromatic rings. The number of hydrogen-bond donors (Lipinski definition) is 1. The largest absolute Gasteiger partial charge is 0.417 e. The molecule has 0 amide bonds. The summed E-state index contributed by atoms with van der Waals surface area (Å²) in [6.45, 7) is 5.44. The molecule has 0 radical (unpaired) electrons. The molecular weight excluding hydrogens is 360 g/mol. The summed E-state index contributed by atoms with van der Waals surface area (Å²) in [7, 11) is 0. The fraction of sp³-hybridized carbons (Fsp3) is 0.571. The van der Waals surface area contributed by atoms with Crippen molar-refractivity contribution < 1.29 is 13.2 Å². The van der Waals surface area contributed by atoms with Gasteiger partial charge in [0.05, 0.1) is 10.6 Å². The Balaban J connectivity index is 0.00000220. The minimum absolute atomic E-state index is 0. The molecule has 1 saturated heterocycles. The van der Waals surface area contributed by atoms with Crippen LogP contribution in [0.15, 0.2) is 18.2 Å². The normalized spacial score (nSPS) is 17.3. The van der Waals surface area contributed by atoms with Gasteiger partial charge in [-0.25, -0.2) is 0 Å². The fourth-order valence-electron chi connectivity index (χ4n) is 2.67. The van der Waals surface area contributed by atoms with Gasteiger partial charge in [0.15, 0.2) is 0 Å². The van der Waals surface area contributed by atoms with Crippen LogP contribution in [0.4, 0.5) is 13.2 Å². The van der Waals surface area contributed by atoms with E-state index in [0.29, 0.717) is 5.56 Å². The van der Waals surface area contributed by atoms with Crippen LogP contribution in [0.5, 0.6) is 0 Å². The summed E-state index contributed by atoms with van der Waals surface area (Å²) in [5.41, 5.74) is -0.0589. The first kappa shape index (κ1) is 21.8. The molecule has 1 N–H and O–H groups in total. The summed E-state index contributed by atoms with van der Waals surface area (Å²) in [5.74, 6) is 0. The maximum Gasteiger partial charge on any atom is 0.417 e. The standard InChI is InChI=1S/C14H18ClF3N2.2ClH/c1-2-13(20-7-5-19-6-8-20)10-3-4-12(15)11(9-10)14(16,17)18;;/h3-4,9,13,19H,2,5-8H2,1H3;2*1H/t13-;;/m1../s1. The zero-order chi connectivity index (χ0) is 14.8. The Labute approximate surface area is 146 Å². The van der Waals surface area contributed by atoms with E-state index < -0.39 is 11.7 Å². The Morgan fingerprint density at radius 3 is 2.32 bits per heavy atom. The Kier molecular flexibility index (Phi) is 9.10. The Morgan fingerprint density at radius 2 is 1.82 bits per heavy atom. The fourth-order valence-corrected chi connectivity index (χ4v) is 2.89. The van der Waals surface area contributed by atoms with Crippen LogP contribution in [0.3, 0.4) is 0 Å². The van der Waals surface area contributed by atoms with Gasteiger partial charge in [-0.15, -0.1) is 24.8 Å². The maximum atomic E-state index is 12.9. The van der Waals surface area contributed by atoms with Crippen molar-refractivity contribution in [3.63, 3.8) is 0 Å². The zero-order valence-corrected chi connectivity index (χ0v) is 14.5. The van der Waals surface area contributed by atoms with Crippen LogP contribution in [-0.2, 0) is 6.18 Å². The molecule has 1 atom stereocenters. The summed E-state index contributed by atoms with van der Waals surface area (Å²) in [6, 6.07) is 4.26. The van der Waals surface area contributed by atoms with Crippen LogP contribution in [0.25, 0.3) is 0 Å². The lowest BCUT2D eigenvalue weighted by molar-refractivity contribution is -0.137. The van der Waals surface area contributed by atoms with Crippen molar-refractivity contribution in [2.45, 2.75) is 25.6 Å². The molecule has 1 aromatic carbocycles. The zero-order valence-electron chi connectivity index (χ0n) is 12.1. The van der Waals surface area contributed by atoms with Crippen molar-refractivity contribution in [3.05, 3.63) is 34.3 Å². The van der Waals surface area contributed by atoms with Gasteiger partial charge in [0.25, 0.3) is 0 Å². The number of benzene rings is 1. The minimum Gasteiger partial charge on any atom is -0.314 e. The first-order valence-corrected chi connectivity index (χ1v) is 7.12. The Morgan fingerprint density at radius 1 is 1.23 bits per heavy atom. The highest BCUT2D eigenvalue weighted by Gasteiger charge is 2.34. The van der Waals surface area contributed by atoms with E-state index in [1.54, 1.807) is 6.07 Å². The van der Waals surface area contributed by atoms with Crippen LogP contribution in [0.1, 0.15) is 30.5 Å². The van der Waals surface area contributed by atoms with Crippen LogP contribution in [-0.4, -0.2) is 31.1 Å². The smallest absolute Gasteiger partial charge is 0.314 e. The Bertz CT molecular complexity index is 463. The van der Waals surface area contributed by atoms with Crippen molar-refractivity contribution >= 4 is 36.4 Å². The predicted molar refractivity (Wildman–Crippen MR) is 88.4 cm³/mol. The molecule has 1 heterocycles. The lowest BCUT2D eigenvalue weighted by atomic mass is 9.99. The van der Waals surface area contributed by atoms with Crippen LogP contribution < -0.4 is 5.32 Å². The highest BCUT2D eigenvalue weighted by atomic mass is 35.5. The second-order valence-corrected chi connectivity index (χ2v) is 5.35. The summed E-state index contributed by atoms with van der Waals surface area (Å²) in [6.07, 6.45) is -3.63. The molecule has 2 nitrogen and oxygen atoms in total. The van der Waals surface area contributed by atoms with Gasteiger partial charge in [0.1, 0.15) is 0 Å². The summed E-state index contributed by atoms with van der Waals surface area (Å²) < 4.78 is 38.8. The van der Waals surface area contributed by atoms with Crippen molar-refractivity contribution in [3.8, 4) is 0 Å². The summed E-state index contributed by atoms with van der Waals surface area (Å²) >= 11 is 5.67. The predicted octanol–water partition coefficient (Wildman–Crippen LogP) is 4.56. The Hall–Kier alpha value is -0.200. The van der Waals surface area contributed by atoms with Crippen LogP contribution >= 0.6 is 36.4 Å². The van der Waals surface area contributed by atoms with Crippen LogP contribution in [0, 0.1) is 0 Å². The van der Waals surface area contributed by atoms with Crippen molar-refractivity contribution in [1.82, 2.24) is 10.2 Å². The van der Waals surface area contributed by atoms with E-state index in [4.69, 9.17) is 11.6 Å². The number of alkyl halides is 3. The number of rotatable bonds is 3. The highest BCUT2D eigenvalue weighted by molar-refractivity contribution is 6.31. The molecule has 0 aliphatic carbocycles. The summed E-state index contributed by atoms with van der Waals surface area (Å²) in [5, 5.41) is 3.01. The molecule has 8 heteroatoms. The second-order valence-electron chi connectivity index (χ2n) is 4.95. The molecular formula is C14H20Cl3F3N2. The molecule has 1 aliphatic rings. The number of nitrogens with zero attached hydrogens (tertiary/aromatic N) is 1. The maximum absolute atomic E-state index is 12.9. The van der Waals surface area contributed by atoms with E-state index in [2.05, 4.69) is 10.2 Å². The van der Waals surface area contributed by atoms with Crippen molar-refractivity contribution in [1.29, 1.82) is 0 Å². The molecule has 1 fully saturated rings. The van der Waals surface area contributed by atoms with Crippen molar-refractivity contribution in [2.24, 2.45) is 0 Å². The van der Waals surface area contributed by atoms with E-state index in [-0.39, 0.29) is 35.9 Å². The highest BCUT2D eigenvalue weighted by Crippen LogP contribution is 2.37. The van der Waals surface area contributed by atoms with Crippen LogP contribution in [0.2, 0.25) is 5.02 Å². The monoisotopic (exact) mass is 378 g/mol. The topological polar surface area (TPSA) is 15.3 Å². The molecule has 0 bridgehead atoms. The summed E-state index contributed by atoms with van der Waals surface area (Å²) in [4.78, 5) is 2.22. The number of hydrogen-bond acceptors (Lipinski definition) is 2. The van der Waals surface area contributed by atoms with Gasteiger partial charge >= 0.3 is 6.18 Å². The number of piperazine rings is 1. The van der Waals surface area contributed by atoms with E-state index in [1.165, 1.54) is 12.1 Å². The third-order valence-electron chi connectivity index (χ3n) is 3.66. The van der Waals surface area contributed by atoms with Gasteiger partial charge in [-0.3, -0.25) is 4.90 Å². The molecule has 128 valence electrons. The van der Waals surface area contributed by atoms with Gasteiger partial charge in [0.2, 0.25) is 0 Å². The number of halogens is 6. The lowest BCUT2D eigenvalue weighted by Crippen LogP contribution is -2.45. The quantitative estimate of drug-likeness (QED) is 0.828. The van der Waals surface area contributed by atoms with Crippen molar-refractivity contribution in [2.75, 3.05) is 26.2 Å². The van der Waals surface area contributed by atoms with E-state index in [1.807, 2.05) is 6.92 Å². The van der Waals surface area contributed by atoms with E-state index in [9.17, 15) is 13.2 Å². The molecule has 22 heavy (non-hydrogen) atoms. The first-order chi connectivity index (χ1) is 9.43. The van der Waals surface area contributed by atoms with E-state index in [0.717, 1.165) is 32.6 Å². The molecule has 0 unspecified atom stereocenters. The minimum atomic E-state index is -4.41. The molecule has 0 spiro atoms. The van der Waals surface area contributed by atoms with Gasteiger partial charge < -0.3 is 5.32 Å². The third-order valence-corrected chi connectivity index (χ3v) is 3.99. The van der Waals surface area contributed by atoms with Gasteiger partial charge in [-0.05, 0) is 24.1 Å². The molecule has 0 saturated carbocycles. The molecule has 0 aromatic heterocycles. The third kappa shape index (κ3) is 5.17. The average molecular weight is 380 g/mol. The molecule has 2 rings (SSSR count).